The lowest BCUT2D eigenvalue weighted by molar-refractivity contribution is -0.116. The number of nitrogen functional groups attached to an aromatic ring is 1. The monoisotopic (exact) mass is 260 g/mol. The number of thiophene rings is 1. The number of aryl methyl sites for hydroxylation is 1. The molecule has 1 aromatic carbocycles. The second kappa shape index (κ2) is 6.21. The van der Waals surface area contributed by atoms with Gasteiger partial charge in [0.2, 0.25) is 5.91 Å². The van der Waals surface area contributed by atoms with Crippen LogP contribution in [0.5, 0.6) is 0 Å². The van der Waals surface area contributed by atoms with Crippen LogP contribution in [0.15, 0.2) is 41.8 Å². The Kier molecular flexibility index (Phi) is 4.36. The molecule has 94 valence electrons. The van der Waals surface area contributed by atoms with E-state index in [-0.39, 0.29) is 5.91 Å². The summed E-state index contributed by atoms with van der Waals surface area (Å²) >= 11 is 1.73. The third-order valence-corrected chi connectivity index (χ3v) is 3.58. The normalized spacial score (nSPS) is 10.2. The Labute approximate surface area is 111 Å². The van der Waals surface area contributed by atoms with Crippen molar-refractivity contribution >= 4 is 28.6 Å². The lowest BCUT2D eigenvalue weighted by atomic mass is 10.2. The topological polar surface area (TPSA) is 55.1 Å². The number of nitrogens with two attached hydrogens (primary N) is 1. The zero-order valence-electron chi connectivity index (χ0n) is 10.1. The first-order valence-electron chi connectivity index (χ1n) is 5.92. The van der Waals surface area contributed by atoms with Gasteiger partial charge in [-0.2, -0.15) is 0 Å². The lowest BCUT2D eigenvalue weighted by Gasteiger charge is -2.07. The van der Waals surface area contributed by atoms with E-state index in [2.05, 4.69) is 16.8 Å². The number of carbonyl (C=O) groups is 1. The Bertz CT molecular complexity index is 508. The van der Waals surface area contributed by atoms with Crippen LogP contribution in [-0.2, 0) is 11.2 Å². The minimum Gasteiger partial charge on any atom is -0.397 e. The number of carbonyl (C=O) groups excluding carboxylic acids is 1. The van der Waals surface area contributed by atoms with Gasteiger partial charge in [-0.25, -0.2) is 0 Å². The lowest BCUT2D eigenvalue weighted by Crippen LogP contribution is -2.12. The summed E-state index contributed by atoms with van der Waals surface area (Å²) in [5, 5.41) is 4.89. The summed E-state index contributed by atoms with van der Waals surface area (Å²) in [7, 11) is 0. The molecule has 0 aliphatic heterocycles. The summed E-state index contributed by atoms with van der Waals surface area (Å²) in [5.41, 5.74) is 7.06. The highest BCUT2D eigenvalue weighted by Gasteiger charge is 2.04. The van der Waals surface area contributed by atoms with Crippen LogP contribution in [0.25, 0.3) is 0 Å². The molecular formula is C14H16N2OS. The molecule has 0 spiro atoms. The van der Waals surface area contributed by atoms with Gasteiger partial charge in [-0.05, 0) is 36.4 Å². The molecule has 2 rings (SSSR count). The first-order valence-corrected chi connectivity index (χ1v) is 6.80. The Morgan fingerprint density at radius 3 is 2.78 bits per heavy atom. The maximum absolute atomic E-state index is 11.7. The van der Waals surface area contributed by atoms with Gasteiger partial charge >= 0.3 is 0 Å². The summed E-state index contributed by atoms with van der Waals surface area (Å²) < 4.78 is 0. The van der Waals surface area contributed by atoms with E-state index in [1.165, 1.54) is 4.88 Å². The van der Waals surface area contributed by atoms with E-state index < -0.39 is 0 Å². The molecular weight excluding hydrogens is 244 g/mol. The molecule has 0 fully saturated rings. The van der Waals surface area contributed by atoms with Crippen LogP contribution in [-0.4, -0.2) is 5.91 Å². The predicted molar refractivity (Wildman–Crippen MR) is 76.7 cm³/mol. The zero-order valence-corrected chi connectivity index (χ0v) is 10.9. The number of nitrogens with one attached hydrogen (secondary N) is 1. The molecule has 2 aromatic rings. The van der Waals surface area contributed by atoms with Crippen LogP contribution in [0, 0.1) is 0 Å². The molecule has 18 heavy (non-hydrogen) atoms. The fraction of sp³-hybridized carbons (Fsp3) is 0.214. The second-order valence-corrected chi connectivity index (χ2v) is 5.10. The molecule has 0 saturated carbocycles. The summed E-state index contributed by atoms with van der Waals surface area (Å²) in [4.78, 5) is 13.1. The van der Waals surface area contributed by atoms with Crippen molar-refractivity contribution in [1.82, 2.24) is 0 Å². The van der Waals surface area contributed by atoms with E-state index in [0.29, 0.717) is 17.8 Å². The van der Waals surface area contributed by atoms with Crippen molar-refractivity contribution in [2.24, 2.45) is 0 Å². The van der Waals surface area contributed by atoms with Gasteiger partial charge in [0.25, 0.3) is 0 Å². The molecule has 0 aliphatic rings. The summed E-state index contributed by atoms with van der Waals surface area (Å²) in [5.74, 6) is 0.0180. The van der Waals surface area contributed by atoms with Gasteiger partial charge in [0.05, 0.1) is 11.4 Å². The van der Waals surface area contributed by atoms with Crippen LogP contribution < -0.4 is 11.1 Å². The number of amides is 1. The molecule has 3 N–H and O–H groups in total. The van der Waals surface area contributed by atoms with E-state index in [0.717, 1.165) is 12.8 Å². The molecule has 1 heterocycles. The molecule has 3 nitrogen and oxygen atoms in total. The molecule has 1 aromatic heterocycles. The van der Waals surface area contributed by atoms with Crippen LogP contribution in [0.1, 0.15) is 17.7 Å². The predicted octanol–water partition coefficient (Wildman–Crippen LogP) is 3.29. The average molecular weight is 260 g/mol. The van der Waals surface area contributed by atoms with Crippen LogP contribution in [0.2, 0.25) is 0 Å². The second-order valence-electron chi connectivity index (χ2n) is 4.07. The fourth-order valence-corrected chi connectivity index (χ4v) is 2.45. The highest BCUT2D eigenvalue weighted by Crippen LogP contribution is 2.17. The highest BCUT2D eigenvalue weighted by atomic mass is 32.1. The van der Waals surface area contributed by atoms with Crippen molar-refractivity contribution in [2.45, 2.75) is 19.3 Å². The van der Waals surface area contributed by atoms with E-state index in [1.54, 1.807) is 17.4 Å². The van der Waals surface area contributed by atoms with Gasteiger partial charge in [-0.3, -0.25) is 4.79 Å². The standard InChI is InChI=1S/C14H16N2OS/c15-12-7-1-2-8-13(12)16-14(17)9-3-5-11-6-4-10-18-11/h1-2,4,6-8,10H,3,5,9,15H2,(H,16,17). The summed E-state index contributed by atoms with van der Waals surface area (Å²) in [6.45, 7) is 0. The average Bonchev–Trinajstić information content (AvgIpc) is 2.85. The first-order chi connectivity index (χ1) is 8.75. The van der Waals surface area contributed by atoms with Gasteiger partial charge in [-0.15, -0.1) is 11.3 Å². The Morgan fingerprint density at radius 1 is 1.22 bits per heavy atom. The van der Waals surface area contributed by atoms with Crippen molar-refractivity contribution in [1.29, 1.82) is 0 Å². The van der Waals surface area contributed by atoms with E-state index in [1.807, 2.05) is 24.3 Å². The Balaban J connectivity index is 1.77. The van der Waals surface area contributed by atoms with Gasteiger partial charge in [0.15, 0.2) is 0 Å². The van der Waals surface area contributed by atoms with Gasteiger partial charge in [0.1, 0.15) is 0 Å². The maximum atomic E-state index is 11.7. The van der Waals surface area contributed by atoms with Crippen LogP contribution in [0.3, 0.4) is 0 Å². The minimum atomic E-state index is 0.0180. The van der Waals surface area contributed by atoms with E-state index in [4.69, 9.17) is 5.73 Å². The first kappa shape index (κ1) is 12.6. The zero-order chi connectivity index (χ0) is 12.8. The molecule has 1 amide bonds. The quantitative estimate of drug-likeness (QED) is 0.810. The van der Waals surface area contributed by atoms with Crippen LogP contribution >= 0.6 is 11.3 Å². The summed E-state index contributed by atoms with van der Waals surface area (Å²) in [6.07, 6.45) is 2.33. The number of anilines is 2. The summed E-state index contributed by atoms with van der Waals surface area (Å²) in [6, 6.07) is 11.4. The van der Waals surface area contributed by atoms with Crippen molar-refractivity contribution in [2.75, 3.05) is 11.1 Å². The number of hydrogen-bond donors (Lipinski definition) is 2. The van der Waals surface area contributed by atoms with E-state index in [9.17, 15) is 4.79 Å². The minimum absolute atomic E-state index is 0.0180. The molecule has 0 atom stereocenters. The molecule has 0 unspecified atom stereocenters. The third-order valence-electron chi connectivity index (χ3n) is 2.64. The van der Waals surface area contributed by atoms with Gasteiger partial charge < -0.3 is 11.1 Å². The number of rotatable bonds is 5. The van der Waals surface area contributed by atoms with Gasteiger partial charge in [0, 0.05) is 11.3 Å². The van der Waals surface area contributed by atoms with Gasteiger partial charge in [-0.1, -0.05) is 18.2 Å². The van der Waals surface area contributed by atoms with E-state index >= 15 is 0 Å². The maximum Gasteiger partial charge on any atom is 0.224 e. The molecule has 0 saturated heterocycles. The van der Waals surface area contributed by atoms with Crippen LogP contribution in [0.4, 0.5) is 11.4 Å². The number of benzene rings is 1. The fourth-order valence-electron chi connectivity index (χ4n) is 1.70. The smallest absolute Gasteiger partial charge is 0.224 e. The number of para-hydroxylation sites is 2. The highest BCUT2D eigenvalue weighted by molar-refractivity contribution is 7.09. The third kappa shape index (κ3) is 3.60. The molecule has 0 bridgehead atoms. The number of hydrogen-bond acceptors (Lipinski definition) is 3. The molecule has 0 radical (unpaired) electrons. The van der Waals surface area contributed by atoms with Crippen molar-refractivity contribution in [3.8, 4) is 0 Å². The largest absolute Gasteiger partial charge is 0.397 e. The van der Waals surface area contributed by atoms with Crippen molar-refractivity contribution in [3.05, 3.63) is 46.7 Å². The SMILES string of the molecule is Nc1ccccc1NC(=O)CCCc1cccs1. The Hall–Kier alpha value is -1.81. The van der Waals surface area contributed by atoms with Crippen molar-refractivity contribution < 1.29 is 4.79 Å². The van der Waals surface area contributed by atoms with Crippen molar-refractivity contribution in [3.63, 3.8) is 0 Å². The molecule has 4 heteroatoms. The molecule has 0 aliphatic carbocycles. The Morgan fingerprint density at radius 2 is 2.06 bits per heavy atom.